The Bertz CT molecular complexity index is 7440. The number of aryl methyl sites for hydroxylation is 9. The van der Waals surface area contributed by atoms with Crippen molar-refractivity contribution in [1.29, 1.82) is 0 Å². The van der Waals surface area contributed by atoms with Crippen LogP contribution in [0, 0.1) is 47.4 Å². The zero-order valence-corrected chi connectivity index (χ0v) is 89.1. The number of allylic oxidation sites excluding steroid dienone is 8. The fraction of sp³-hybridized carbons (Fsp3) is 0.377. The first-order valence-corrected chi connectivity index (χ1v) is 52.5. The van der Waals surface area contributed by atoms with Crippen molar-refractivity contribution < 1.29 is 52.7 Å². The predicted molar refractivity (Wildman–Crippen MR) is 585 cm³/mol. The first-order valence-electron chi connectivity index (χ1n) is 52.5. The fourth-order valence-electron chi connectivity index (χ4n) is 23.8. The molecule has 1 aliphatic carbocycles. The Morgan fingerprint density at radius 2 is 0.590 bits per heavy atom. The zero-order chi connectivity index (χ0) is 101. The number of hydrogen-bond donors (Lipinski definition) is 0. The van der Waals surface area contributed by atoms with Crippen LogP contribution in [0.25, 0.3) is 161 Å². The summed E-state index contributed by atoms with van der Waals surface area (Å²) >= 11 is 0. The van der Waals surface area contributed by atoms with E-state index in [1.165, 1.54) is 11.1 Å². The van der Waals surface area contributed by atoms with E-state index >= 15 is 0 Å². The summed E-state index contributed by atoms with van der Waals surface area (Å²) in [7, 11) is 0. The Balaban J connectivity index is 0.00000822. The second kappa shape index (κ2) is 46.0. The van der Waals surface area contributed by atoms with Gasteiger partial charge in [0.1, 0.15) is 0 Å². The quantitative estimate of drug-likeness (QED) is 0.0151. The second-order valence-electron chi connectivity index (χ2n) is 38.0. The molecule has 0 saturated heterocycles. The summed E-state index contributed by atoms with van der Waals surface area (Å²) in [6, 6.07) is 46.5. The number of aromatic nitrogens is 8. The third-order valence-corrected chi connectivity index (χ3v) is 30.4. The number of fused-ring (bicyclic) bond motifs is 17. The van der Waals surface area contributed by atoms with Crippen molar-refractivity contribution >= 4 is 106 Å². The number of hydrogen-bond acceptors (Lipinski definition) is 12. The van der Waals surface area contributed by atoms with E-state index in [0.29, 0.717) is 114 Å². The molecular formula is C122H134N12Ni2O8. The molecule has 20 nitrogen and oxygen atoms in total. The molecule has 6 aromatic heterocycles. The van der Waals surface area contributed by atoms with Gasteiger partial charge in [-0.05, 0) is 311 Å². The molecule has 0 unspecified atom stereocenters. The molecule has 4 aliphatic rings. The first-order chi connectivity index (χ1) is 68.9. The molecule has 14 bridgehead atoms. The standard InChI is InChI=1S/C122H134N12O8.2Ni/c1-20-38-40-42-65-122(66-43-41-39-21-2)99-68-77(108-118-93(34-15)89(30-11)114(127-118)104(73-45-55-79(56-46-73)131(135)136)110(72(23-4)44-22-3)123-71(19)67-101-83(24-5)86(27-8)111(124-101)105(74-47-57-80(58-48-74)132(137)138)115-90(31-12)94(35-16)119(108)128-115)53-63-97(99)98-64-54-78(69-100(98)122)109-120-95(36-17)91(32-13)116(129-120)106(75-49-59-81(60-50-75)133(139)140)112-87(28-9)84(25-6)102(125-112)70-103-85(26-7)88(29-10)113(126-103)107(76-51-61-82(62-52-76)134(141)142)117-92(33-14)96(37-18)121(109)130-117;;/h44-64,67-70H,20-43,65-66H2,1-19H3;;/q-4;2*+2/b71-67?,72-44+,101-67?,102-70?,103-70?,110-104?,111-105?,112-106?,113-107?,114-104?,115-105?,116-106?,117-107?,118-108?,119-108?,120-109?,121-109?,123-71?,123-110?;;. The Labute approximate surface area is 867 Å². The van der Waals surface area contributed by atoms with Crippen molar-refractivity contribution in [3.8, 4) is 77.9 Å². The molecule has 0 radical (unpaired) electrons. The van der Waals surface area contributed by atoms with Gasteiger partial charge >= 0.3 is 33.0 Å². The van der Waals surface area contributed by atoms with E-state index in [9.17, 15) is 40.5 Å². The topological polar surface area (TPSA) is 281 Å². The number of nitro groups is 4. The maximum Gasteiger partial charge on any atom is 2.00 e. The van der Waals surface area contributed by atoms with Gasteiger partial charge in [0.05, 0.1) is 59.6 Å². The molecule has 9 heterocycles. The molecular weight excluding hydrogens is 1880 g/mol. The fourth-order valence-corrected chi connectivity index (χ4v) is 23.8. The zero-order valence-electron chi connectivity index (χ0n) is 87.1. The first kappa shape index (κ1) is 107. The summed E-state index contributed by atoms with van der Waals surface area (Å²) in [5, 5.41) is 51.1. The molecule has 6 aromatic carbocycles. The molecule has 16 rings (SSSR count). The van der Waals surface area contributed by atoms with Crippen LogP contribution >= 0.6 is 0 Å². The van der Waals surface area contributed by atoms with Crippen LogP contribution in [0.15, 0.2) is 152 Å². The van der Waals surface area contributed by atoms with E-state index in [1.54, 1.807) is 48.5 Å². The monoisotopic (exact) mass is 2010 g/mol. The van der Waals surface area contributed by atoms with E-state index in [-0.39, 0.29) is 75.4 Å². The Hall–Kier alpha value is -12.9. The van der Waals surface area contributed by atoms with Crippen molar-refractivity contribution in [3.63, 3.8) is 0 Å². The third kappa shape index (κ3) is 19.2. The average molecular weight is 2010 g/mol. The summed E-state index contributed by atoms with van der Waals surface area (Å²) in [6.07, 6.45) is 21.8. The Morgan fingerprint density at radius 1 is 0.306 bits per heavy atom. The van der Waals surface area contributed by atoms with Crippen LogP contribution in [0.3, 0.4) is 0 Å². The van der Waals surface area contributed by atoms with Gasteiger partial charge in [0.15, 0.2) is 0 Å². The van der Waals surface area contributed by atoms with Crippen molar-refractivity contribution in [1.82, 2.24) is 39.9 Å². The van der Waals surface area contributed by atoms with Gasteiger partial charge in [0.2, 0.25) is 0 Å². The van der Waals surface area contributed by atoms with Crippen LogP contribution in [-0.2, 0) is 89.8 Å². The smallest absolute Gasteiger partial charge is 0.657 e. The Kier molecular flexibility index (Phi) is 34.1. The van der Waals surface area contributed by atoms with Crippen molar-refractivity contribution in [3.05, 3.63) is 293 Å². The van der Waals surface area contributed by atoms with Crippen LogP contribution in [0.5, 0.6) is 0 Å². The maximum atomic E-state index is 12.8. The molecule has 12 aromatic rings. The van der Waals surface area contributed by atoms with Gasteiger partial charge < -0.3 is 19.9 Å². The number of rotatable bonds is 37. The second-order valence-corrected chi connectivity index (χ2v) is 38.0. The molecule has 0 amide bonds. The largest absolute Gasteiger partial charge is 2.00 e. The predicted octanol–water partition coefficient (Wildman–Crippen LogP) is 33.2. The Morgan fingerprint density at radius 3 is 0.896 bits per heavy atom. The van der Waals surface area contributed by atoms with Crippen LogP contribution in [0.1, 0.15) is 341 Å². The van der Waals surface area contributed by atoms with Gasteiger partial charge in [-0.2, -0.15) is 0 Å². The van der Waals surface area contributed by atoms with E-state index in [1.807, 2.05) is 55.5 Å². The van der Waals surface area contributed by atoms with E-state index in [4.69, 9.17) is 39.9 Å². The maximum absolute atomic E-state index is 12.8. The normalized spacial score (nSPS) is 13.0. The number of benzene rings is 6. The molecule has 750 valence electrons. The number of non-ortho nitro benzene ring substituents is 4. The van der Waals surface area contributed by atoms with Gasteiger partial charge in [-0.25, -0.2) is 15.0 Å². The minimum Gasteiger partial charge on any atom is -0.657 e. The minimum absolute atomic E-state index is 0. The molecule has 22 heteroatoms. The van der Waals surface area contributed by atoms with Crippen molar-refractivity contribution in [2.24, 2.45) is 0 Å². The molecule has 3 aliphatic heterocycles. The van der Waals surface area contributed by atoms with Gasteiger partial charge in [0, 0.05) is 59.6 Å². The summed E-state index contributed by atoms with van der Waals surface area (Å²) in [5.74, 6) is 0. The number of unbranched alkanes of at least 4 members (excludes halogenated alkanes) is 6. The molecule has 0 spiro atoms. The molecule has 0 saturated carbocycles. The number of nitrogens with zero attached hydrogens (tertiary/aromatic N) is 12. The minimum atomic E-state index is -0.634. The summed E-state index contributed by atoms with van der Waals surface area (Å²) in [6.45, 7) is 41.7. The average Bonchev–Trinajstić information content (AvgIpc) is 1.54. The molecule has 0 N–H and O–H groups in total. The van der Waals surface area contributed by atoms with Gasteiger partial charge in [-0.1, -0.05) is 263 Å². The van der Waals surface area contributed by atoms with Gasteiger partial charge in [-0.3, -0.25) is 45.4 Å². The van der Waals surface area contributed by atoms with Gasteiger partial charge in [-0.15, -0.1) is 44.1 Å². The van der Waals surface area contributed by atoms with Crippen LogP contribution in [0.2, 0.25) is 0 Å². The van der Waals surface area contributed by atoms with Crippen LogP contribution in [-0.4, -0.2) is 39.6 Å². The summed E-state index contributed by atoms with van der Waals surface area (Å²) < 4.78 is 0. The third-order valence-electron chi connectivity index (χ3n) is 30.4. The molecule has 0 atom stereocenters. The SMILES string of the molecule is CC/C=C(\CC)c1nc(C)cc2[n-]c(c(CC)c2CC)c(-c2ccc([N+](=O)[O-])cc2)c2nc(c(-c3ccc4c(c3)C(CCCCCC)(CCCCCC)c3cc(-c5c6nc(c(-c7ccc([N+](=O)[O-])cc7)c7[n-]c(cc8nc(c(-c9ccc([N+](=O)[O-])cc9)c9[n-]c5c(CC)c9CC)C(CC)=C8CC)c(CC)c7CC)C(CC)=C6CC)ccc3-4)c3[n-]c(c(CC)c3CC)c1-c1ccc([N+](=O)[O-])cc1)C(CC)=C2CC.[Ni+2].[Ni+2]. The summed E-state index contributed by atoms with van der Waals surface area (Å²) in [4.78, 5) is 98.3. The summed E-state index contributed by atoms with van der Waals surface area (Å²) in [5.41, 5.74) is 41.8. The molecule has 0 fully saturated rings. The number of nitro benzene ring substituents is 4. The molecule has 144 heavy (non-hydrogen) atoms. The van der Waals surface area contributed by atoms with Crippen LogP contribution in [0.4, 0.5) is 22.7 Å². The van der Waals surface area contributed by atoms with E-state index < -0.39 is 5.41 Å². The van der Waals surface area contributed by atoms with Gasteiger partial charge in [0.25, 0.3) is 22.7 Å². The van der Waals surface area contributed by atoms with E-state index in [0.717, 1.165) is 304 Å². The van der Waals surface area contributed by atoms with E-state index in [2.05, 4.69) is 179 Å². The van der Waals surface area contributed by atoms with Crippen molar-refractivity contribution in [2.75, 3.05) is 0 Å². The van der Waals surface area contributed by atoms with Crippen molar-refractivity contribution in [2.45, 2.75) is 304 Å². The van der Waals surface area contributed by atoms with Crippen LogP contribution < -0.4 is 19.9 Å².